The summed E-state index contributed by atoms with van der Waals surface area (Å²) < 4.78 is 0. The molecule has 0 unspecified atom stereocenters. The van der Waals surface area contributed by atoms with Crippen LogP contribution in [-0.2, 0) is 6.42 Å². The van der Waals surface area contributed by atoms with Crippen molar-refractivity contribution in [3.8, 4) is 6.07 Å². The summed E-state index contributed by atoms with van der Waals surface area (Å²) in [5, 5.41) is 12.2. The molecule has 0 spiro atoms. The summed E-state index contributed by atoms with van der Waals surface area (Å²) in [4.78, 5) is 0. The molecular weight excluding hydrogens is 196 g/mol. The van der Waals surface area contributed by atoms with Crippen molar-refractivity contribution in [1.82, 2.24) is 5.32 Å². The molecule has 86 valence electrons. The summed E-state index contributed by atoms with van der Waals surface area (Å²) in [5.41, 5.74) is 2.36. The smallest absolute Gasteiger partial charge is 0.0697 e. The Labute approximate surface area is 98.3 Å². The highest BCUT2D eigenvalue weighted by Crippen LogP contribution is 2.10. The van der Waals surface area contributed by atoms with E-state index in [9.17, 15) is 0 Å². The number of benzene rings is 1. The van der Waals surface area contributed by atoms with Gasteiger partial charge in [0.2, 0.25) is 0 Å². The standard InChI is InChI=1S/C14H20N2/c1-12-4-6-13(7-5-12)8-9-16-11-14(2,3)10-15/h4-7,16H,8-9,11H2,1-3H3. The lowest BCUT2D eigenvalue weighted by Gasteiger charge is -2.15. The van der Waals surface area contributed by atoms with Gasteiger partial charge >= 0.3 is 0 Å². The molecule has 16 heavy (non-hydrogen) atoms. The zero-order valence-electron chi connectivity index (χ0n) is 10.4. The van der Waals surface area contributed by atoms with Crippen molar-refractivity contribution in [2.45, 2.75) is 27.2 Å². The fraction of sp³-hybridized carbons (Fsp3) is 0.500. The maximum Gasteiger partial charge on any atom is 0.0697 e. The van der Waals surface area contributed by atoms with Gasteiger partial charge < -0.3 is 5.32 Å². The van der Waals surface area contributed by atoms with Crippen LogP contribution in [0.3, 0.4) is 0 Å². The van der Waals surface area contributed by atoms with Crippen molar-refractivity contribution < 1.29 is 0 Å². The van der Waals surface area contributed by atoms with Gasteiger partial charge in [0.15, 0.2) is 0 Å². The maximum absolute atomic E-state index is 8.85. The van der Waals surface area contributed by atoms with E-state index in [-0.39, 0.29) is 5.41 Å². The first-order valence-corrected chi connectivity index (χ1v) is 5.71. The molecule has 0 aromatic heterocycles. The summed E-state index contributed by atoms with van der Waals surface area (Å²) in [6.07, 6.45) is 1.02. The van der Waals surface area contributed by atoms with Gasteiger partial charge in [-0.1, -0.05) is 29.8 Å². The van der Waals surface area contributed by atoms with Crippen molar-refractivity contribution in [3.05, 3.63) is 35.4 Å². The molecule has 0 saturated carbocycles. The summed E-state index contributed by atoms with van der Waals surface area (Å²) in [6.45, 7) is 7.67. The Morgan fingerprint density at radius 1 is 1.25 bits per heavy atom. The molecule has 0 bridgehead atoms. The van der Waals surface area contributed by atoms with E-state index in [2.05, 4.69) is 42.6 Å². The molecule has 1 aromatic rings. The fourth-order valence-corrected chi connectivity index (χ4v) is 1.43. The summed E-state index contributed by atoms with van der Waals surface area (Å²) in [5.74, 6) is 0. The highest BCUT2D eigenvalue weighted by Gasteiger charge is 2.14. The van der Waals surface area contributed by atoms with Crippen LogP contribution in [0.1, 0.15) is 25.0 Å². The molecule has 1 rings (SSSR count). The average molecular weight is 216 g/mol. The molecule has 0 radical (unpaired) electrons. The van der Waals surface area contributed by atoms with E-state index in [0.29, 0.717) is 0 Å². The predicted octanol–water partition coefficient (Wildman–Crippen LogP) is 2.68. The molecule has 0 fully saturated rings. The third-order valence-electron chi connectivity index (χ3n) is 2.58. The van der Waals surface area contributed by atoms with E-state index < -0.39 is 0 Å². The van der Waals surface area contributed by atoms with Gasteiger partial charge in [0.25, 0.3) is 0 Å². The highest BCUT2D eigenvalue weighted by molar-refractivity contribution is 5.21. The van der Waals surface area contributed by atoms with Gasteiger partial charge in [0.1, 0.15) is 0 Å². The van der Waals surface area contributed by atoms with Gasteiger partial charge in [0, 0.05) is 6.54 Å². The molecule has 2 heteroatoms. The van der Waals surface area contributed by atoms with Gasteiger partial charge in [-0.25, -0.2) is 0 Å². The first-order chi connectivity index (χ1) is 7.53. The minimum atomic E-state index is -0.271. The van der Waals surface area contributed by atoms with Gasteiger partial charge in [-0.05, 0) is 39.3 Å². The first kappa shape index (κ1) is 12.7. The number of hydrogen-bond acceptors (Lipinski definition) is 2. The fourth-order valence-electron chi connectivity index (χ4n) is 1.43. The third kappa shape index (κ3) is 4.46. The van der Waals surface area contributed by atoms with Crippen molar-refractivity contribution in [1.29, 1.82) is 5.26 Å². The topological polar surface area (TPSA) is 35.8 Å². The number of nitrogens with one attached hydrogen (secondary N) is 1. The van der Waals surface area contributed by atoms with E-state index in [0.717, 1.165) is 19.5 Å². The lowest BCUT2D eigenvalue weighted by molar-refractivity contribution is 0.447. The van der Waals surface area contributed by atoms with Crippen molar-refractivity contribution >= 4 is 0 Å². The van der Waals surface area contributed by atoms with Crippen LogP contribution < -0.4 is 5.32 Å². The zero-order valence-corrected chi connectivity index (χ0v) is 10.4. The Hall–Kier alpha value is -1.33. The second kappa shape index (κ2) is 5.67. The first-order valence-electron chi connectivity index (χ1n) is 5.71. The Morgan fingerprint density at radius 2 is 1.88 bits per heavy atom. The third-order valence-corrected chi connectivity index (χ3v) is 2.58. The van der Waals surface area contributed by atoms with Gasteiger partial charge in [0.05, 0.1) is 11.5 Å². The molecule has 1 aromatic carbocycles. The molecule has 1 N–H and O–H groups in total. The molecule has 0 atom stereocenters. The number of hydrogen-bond donors (Lipinski definition) is 1. The molecule has 2 nitrogen and oxygen atoms in total. The molecule has 0 aliphatic heterocycles. The van der Waals surface area contributed by atoms with E-state index in [4.69, 9.17) is 5.26 Å². The monoisotopic (exact) mass is 216 g/mol. The molecule has 0 aliphatic carbocycles. The second-order valence-corrected chi connectivity index (χ2v) is 4.91. The normalized spacial score (nSPS) is 11.1. The zero-order chi connectivity index (χ0) is 12.0. The lowest BCUT2D eigenvalue weighted by atomic mass is 9.96. The van der Waals surface area contributed by atoms with Crippen LogP contribution in [0.15, 0.2) is 24.3 Å². The molecule has 0 aliphatic rings. The highest BCUT2D eigenvalue weighted by atomic mass is 14.9. The van der Waals surface area contributed by atoms with Crippen molar-refractivity contribution in [2.24, 2.45) is 5.41 Å². The Kier molecular flexibility index (Phi) is 4.52. The molecule has 0 saturated heterocycles. The number of aryl methyl sites for hydroxylation is 1. The number of rotatable bonds is 5. The van der Waals surface area contributed by atoms with Crippen molar-refractivity contribution in [2.75, 3.05) is 13.1 Å². The lowest BCUT2D eigenvalue weighted by Crippen LogP contribution is -2.29. The number of nitriles is 1. The quantitative estimate of drug-likeness (QED) is 0.768. The van der Waals surface area contributed by atoms with Crippen LogP contribution in [0.5, 0.6) is 0 Å². The molecular formula is C14H20N2. The van der Waals surface area contributed by atoms with E-state index in [1.807, 2.05) is 13.8 Å². The Balaban J connectivity index is 2.27. The van der Waals surface area contributed by atoms with Crippen LogP contribution in [0.2, 0.25) is 0 Å². The summed E-state index contributed by atoms with van der Waals surface area (Å²) in [7, 11) is 0. The predicted molar refractivity (Wildman–Crippen MR) is 67.1 cm³/mol. The number of nitrogens with zero attached hydrogens (tertiary/aromatic N) is 1. The minimum absolute atomic E-state index is 0.271. The average Bonchev–Trinajstić information content (AvgIpc) is 2.27. The maximum atomic E-state index is 8.85. The summed E-state index contributed by atoms with van der Waals surface area (Å²) >= 11 is 0. The van der Waals surface area contributed by atoms with E-state index in [1.54, 1.807) is 0 Å². The van der Waals surface area contributed by atoms with E-state index in [1.165, 1.54) is 11.1 Å². The minimum Gasteiger partial charge on any atom is -0.315 e. The van der Waals surface area contributed by atoms with Gasteiger partial charge in [-0.3, -0.25) is 0 Å². The molecule has 0 amide bonds. The van der Waals surface area contributed by atoms with E-state index >= 15 is 0 Å². The van der Waals surface area contributed by atoms with Crippen LogP contribution in [0.4, 0.5) is 0 Å². The van der Waals surface area contributed by atoms with Gasteiger partial charge in [-0.2, -0.15) is 5.26 Å². The Bertz CT molecular complexity index is 357. The van der Waals surface area contributed by atoms with Crippen LogP contribution in [-0.4, -0.2) is 13.1 Å². The van der Waals surface area contributed by atoms with Crippen LogP contribution in [0, 0.1) is 23.7 Å². The van der Waals surface area contributed by atoms with Crippen LogP contribution >= 0.6 is 0 Å². The molecule has 0 heterocycles. The summed E-state index contributed by atoms with van der Waals surface area (Å²) in [6, 6.07) is 10.9. The van der Waals surface area contributed by atoms with Gasteiger partial charge in [-0.15, -0.1) is 0 Å². The Morgan fingerprint density at radius 3 is 2.44 bits per heavy atom. The second-order valence-electron chi connectivity index (χ2n) is 4.91. The SMILES string of the molecule is Cc1ccc(CCNCC(C)(C)C#N)cc1. The van der Waals surface area contributed by atoms with Crippen molar-refractivity contribution in [3.63, 3.8) is 0 Å². The largest absolute Gasteiger partial charge is 0.315 e. The van der Waals surface area contributed by atoms with Crippen LogP contribution in [0.25, 0.3) is 0 Å².